The molecule has 0 N–H and O–H groups in total. The number of hydrogen-bond acceptors (Lipinski definition) is 3. The molecule has 0 aliphatic carbocycles. The SMILES string of the molecule is C=C[C@H]1OC(C)(C)O[C@@H]1COCc1ccccc1. The summed E-state index contributed by atoms with van der Waals surface area (Å²) >= 11 is 0. The Hall–Kier alpha value is -1.16. The highest BCUT2D eigenvalue weighted by Crippen LogP contribution is 2.28. The lowest BCUT2D eigenvalue weighted by atomic mass is 10.2. The molecule has 98 valence electrons. The van der Waals surface area contributed by atoms with E-state index >= 15 is 0 Å². The highest BCUT2D eigenvalue weighted by Gasteiger charge is 2.39. The summed E-state index contributed by atoms with van der Waals surface area (Å²) in [5.41, 5.74) is 1.16. The number of ether oxygens (including phenoxy) is 3. The number of rotatable bonds is 5. The zero-order chi connectivity index (χ0) is 13.0. The van der Waals surface area contributed by atoms with Crippen LogP contribution in [0.2, 0.25) is 0 Å². The van der Waals surface area contributed by atoms with E-state index in [-0.39, 0.29) is 12.2 Å². The maximum absolute atomic E-state index is 5.77. The molecule has 2 atom stereocenters. The van der Waals surface area contributed by atoms with E-state index in [0.29, 0.717) is 13.2 Å². The van der Waals surface area contributed by atoms with Crippen molar-refractivity contribution in [3.8, 4) is 0 Å². The van der Waals surface area contributed by atoms with Crippen molar-refractivity contribution in [2.45, 2.75) is 38.4 Å². The molecule has 3 heteroatoms. The zero-order valence-corrected chi connectivity index (χ0v) is 11.0. The summed E-state index contributed by atoms with van der Waals surface area (Å²) in [4.78, 5) is 0. The van der Waals surface area contributed by atoms with Crippen LogP contribution in [0.1, 0.15) is 19.4 Å². The van der Waals surface area contributed by atoms with E-state index in [1.165, 1.54) is 0 Å². The van der Waals surface area contributed by atoms with E-state index in [9.17, 15) is 0 Å². The van der Waals surface area contributed by atoms with Gasteiger partial charge in [0.2, 0.25) is 0 Å². The second-order valence-corrected chi connectivity index (χ2v) is 4.88. The molecule has 3 nitrogen and oxygen atoms in total. The fourth-order valence-corrected chi connectivity index (χ4v) is 2.06. The number of hydrogen-bond donors (Lipinski definition) is 0. The Kier molecular flexibility index (Phi) is 4.17. The summed E-state index contributed by atoms with van der Waals surface area (Å²) in [5, 5.41) is 0. The molecule has 0 unspecified atom stereocenters. The quantitative estimate of drug-likeness (QED) is 0.750. The van der Waals surface area contributed by atoms with Gasteiger partial charge < -0.3 is 14.2 Å². The molecule has 2 rings (SSSR count). The minimum atomic E-state index is -0.556. The molecule has 0 aromatic heterocycles. The van der Waals surface area contributed by atoms with Crippen molar-refractivity contribution in [1.29, 1.82) is 0 Å². The molecule has 0 spiro atoms. The van der Waals surface area contributed by atoms with Gasteiger partial charge in [-0.05, 0) is 19.4 Å². The van der Waals surface area contributed by atoms with E-state index < -0.39 is 5.79 Å². The summed E-state index contributed by atoms with van der Waals surface area (Å²) in [6.07, 6.45) is 1.59. The Morgan fingerprint density at radius 1 is 1.28 bits per heavy atom. The van der Waals surface area contributed by atoms with Gasteiger partial charge in [0.25, 0.3) is 0 Å². The van der Waals surface area contributed by atoms with Crippen LogP contribution in [0.3, 0.4) is 0 Å². The van der Waals surface area contributed by atoms with Gasteiger partial charge in [0.1, 0.15) is 12.2 Å². The summed E-state index contributed by atoms with van der Waals surface area (Å²) in [6.45, 7) is 8.67. The fourth-order valence-electron chi connectivity index (χ4n) is 2.06. The van der Waals surface area contributed by atoms with Crippen LogP contribution < -0.4 is 0 Å². The van der Waals surface area contributed by atoms with Crippen molar-refractivity contribution in [2.24, 2.45) is 0 Å². The van der Waals surface area contributed by atoms with E-state index in [1.807, 2.05) is 44.2 Å². The zero-order valence-electron chi connectivity index (χ0n) is 11.0. The predicted molar refractivity (Wildman–Crippen MR) is 70.1 cm³/mol. The maximum atomic E-state index is 5.77. The molecule has 1 aliphatic rings. The topological polar surface area (TPSA) is 27.7 Å². The normalized spacial score (nSPS) is 26.1. The first-order chi connectivity index (χ1) is 8.61. The van der Waals surface area contributed by atoms with Crippen molar-refractivity contribution in [1.82, 2.24) is 0 Å². The lowest BCUT2D eigenvalue weighted by molar-refractivity contribution is -0.148. The smallest absolute Gasteiger partial charge is 0.164 e. The molecule has 0 bridgehead atoms. The molecule has 1 fully saturated rings. The molecular weight excluding hydrogens is 228 g/mol. The van der Waals surface area contributed by atoms with Crippen molar-refractivity contribution in [3.05, 3.63) is 48.6 Å². The van der Waals surface area contributed by atoms with Crippen LogP contribution in [0.4, 0.5) is 0 Å². The third-order valence-electron chi connectivity index (χ3n) is 2.85. The summed E-state index contributed by atoms with van der Waals surface area (Å²) < 4.78 is 17.1. The standard InChI is InChI=1S/C15H20O3/c1-4-13-14(18-15(2,3)17-13)11-16-10-12-8-6-5-7-9-12/h4-9,13-14H,1,10-11H2,2-3H3/t13-,14-/m1/s1. The molecule has 1 aromatic carbocycles. The van der Waals surface area contributed by atoms with Crippen LogP contribution in [0, 0.1) is 0 Å². The lowest BCUT2D eigenvalue weighted by Crippen LogP contribution is -2.26. The molecule has 0 saturated carbocycles. The summed E-state index contributed by atoms with van der Waals surface area (Å²) in [7, 11) is 0. The molecule has 0 amide bonds. The van der Waals surface area contributed by atoms with Crippen molar-refractivity contribution in [2.75, 3.05) is 6.61 Å². The van der Waals surface area contributed by atoms with Gasteiger partial charge in [0.15, 0.2) is 5.79 Å². The second-order valence-electron chi connectivity index (χ2n) is 4.88. The van der Waals surface area contributed by atoms with Crippen LogP contribution in [0.15, 0.2) is 43.0 Å². The number of benzene rings is 1. The van der Waals surface area contributed by atoms with Gasteiger partial charge in [0.05, 0.1) is 13.2 Å². The molecule has 1 heterocycles. The largest absolute Gasteiger partial charge is 0.374 e. The van der Waals surface area contributed by atoms with Crippen LogP contribution in [0.25, 0.3) is 0 Å². The molecule has 1 aromatic rings. The minimum absolute atomic E-state index is 0.0822. The first-order valence-electron chi connectivity index (χ1n) is 6.20. The molecule has 0 radical (unpaired) electrons. The second kappa shape index (κ2) is 5.65. The van der Waals surface area contributed by atoms with Crippen molar-refractivity contribution >= 4 is 0 Å². The average molecular weight is 248 g/mol. The van der Waals surface area contributed by atoms with Gasteiger partial charge in [-0.1, -0.05) is 36.4 Å². The Morgan fingerprint density at radius 3 is 2.67 bits per heavy atom. The Morgan fingerprint density at radius 2 is 2.00 bits per heavy atom. The maximum Gasteiger partial charge on any atom is 0.164 e. The van der Waals surface area contributed by atoms with Gasteiger partial charge in [0, 0.05) is 0 Å². The van der Waals surface area contributed by atoms with Gasteiger partial charge in [-0.3, -0.25) is 0 Å². The van der Waals surface area contributed by atoms with Gasteiger partial charge in [-0.15, -0.1) is 6.58 Å². The first kappa shape index (κ1) is 13.3. The molecule has 1 saturated heterocycles. The Balaban J connectivity index is 1.81. The van der Waals surface area contributed by atoms with Crippen LogP contribution in [0.5, 0.6) is 0 Å². The van der Waals surface area contributed by atoms with Gasteiger partial charge in [-0.2, -0.15) is 0 Å². The Labute approximate surface area is 108 Å². The molecule has 18 heavy (non-hydrogen) atoms. The highest BCUT2D eigenvalue weighted by molar-refractivity contribution is 5.13. The predicted octanol–water partition coefficient (Wildman–Crippen LogP) is 2.91. The van der Waals surface area contributed by atoms with Gasteiger partial charge in [-0.25, -0.2) is 0 Å². The van der Waals surface area contributed by atoms with Crippen LogP contribution in [-0.4, -0.2) is 24.6 Å². The third kappa shape index (κ3) is 3.42. The summed E-state index contributed by atoms with van der Waals surface area (Å²) in [5.74, 6) is -0.556. The molecule has 1 aliphatic heterocycles. The van der Waals surface area contributed by atoms with Gasteiger partial charge >= 0.3 is 0 Å². The van der Waals surface area contributed by atoms with E-state index in [0.717, 1.165) is 5.56 Å². The van der Waals surface area contributed by atoms with Crippen molar-refractivity contribution < 1.29 is 14.2 Å². The van der Waals surface area contributed by atoms with E-state index in [4.69, 9.17) is 14.2 Å². The highest BCUT2D eigenvalue weighted by atomic mass is 16.8. The first-order valence-corrected chi connectivity index (χ1v) is 6.20. The van der Waals surface area contributed by atoms with Crippen LogP contribution in [-0.2, 0) is 20.8 Å². The summed E-state index contributed by atoms with van der Waals surface area (Å²) in [6, 6.07) is 10.1. The van der Waals surface area contributed by atoms with E-state index in [2.05, 4.69) is 6.58 Å². The average Bonchev–Trinajstić information content (AvgIpc) is 2.65. The lowest BCUT2D eigenvalue weighted by Gasteiger charge is -2.16. The monoisotopic (exact) mass is 248 g/mol. The Bertz CT molecular complexity index is 386. The minimum Gasteiger partial charge on any atom is -0.374 e. The van der Waals surface area contributed by atoms with Crippen molar-refractivity contribution in [3.63, 3.8) is 0 Å². The fraction of sp³-hybridized carbons (Fsp3) is 0.467. The van der Waals surface area contributed by atoms with Crippen LogP contribution >= 0.6 is 0 Å². The van der Waals surface area contributed by atoms with E-state index in [1.54, 1.807) is 6.08 Å². The molecular formula is C15H20O3. The third-order valence-corrected chi connectivity index (χ3v) is 2.85.